The summed E-state index contributed by atoms with van der Waals surface area (Å²) in [6, 6.07) is 15.1. The molecule has 1 aromatic heterocycles. The lowest BCUT2D eigenvalue weighted by atomic mass is 10.0. The van der Waals surface area contributed by atoms with Gasteiger partial charge in [0, 0.05) is 58.9 Å². The number of piperidine rings is 1. The van der Waals surface area contributed by atoms with Crippen LogP contribution in [0.2, 0.25) is 0 Å². The van der Waals surface area contributed by atoms with Crippen molar-refractivity contribution in [3.05, 3.63) is 60.1 Å². The van der Waals surface area contributed by atoms with Gasteiger partial charge in [-0.2, -0.15) is 0 Å². The molecule has 0 aliphatic carbocycles. The maximum Gasteiger partial charge on any atom is 0.191 e. The van der Waals surface area contributed by atoms with Crippen molar-refractivity contribution in [3.63, 3.8) is 0 Å². The Morgan fingerprint density at radius 3 is 2.65 bits per heavy atom. The predicted molar refractivity (Wildman–Crippen MR) is 137 cm³/mol. The Labute approximate surface area is 203 Å². The fourth-order valence-corrected chi connectivity index (χ4v) is 3.73. The van der Waals surface area contributed by atoms with Gasteiger partial charge in [0.1, 0.15) is 5.76 Å². The van der Waals surface area contributed by atoms with Crippen molar-refractivity contribution >= 4 is 29.9 Å². The summed E-state index contributed by atoms with van der Waals surface area (Å²) in [4.78, 5) is 7.33. The molecule has 31 heavy (non-hydrogen) atoms. The van der Waals surface area contributed by atoms with Gasteiger partial charge in [0.15, 0.2) is 5.96 Å². The van der Waals surface area contributed by atoms with E-state index in [0.717, 1.165) is 83.2 Å². The van der Waals surface area contributed by atoms with Crippen LogP contribution in [-0.4, -0.2) is 56.8 Å². The van der Waals surface area contributed by atoms with Crippen molar-refractivity contribution in [2.45, 2.75) is 44.7 Å². The first-order valence-electron chi connectivity index (χ1n) is 11.2. The van der Waals surface area contributed by atoms with Crippen molar-refractivity contribution in [1.29, 1.82) is 0 Å². The Bertz CT molecular complexity index is 716. The first kappa shape index (κ1) is 25.7. The lowest BCUT2D eigenvalue weighted by Gasteiger charge is -2.33. The third-order valence-corrected chi connectivity index (χ3v) is 5.45. The second kappa shape index (κ2) is 15.3. The lowest BCUT2D eigenvalue weighted by molar-refractivity contribution is 0.193. The summed E-state index contributed by atoms with van der Waals surface area (Å²) in [7, 11) is 1.75. The standard InChI is InChI=1S/C24H36N4O2.HI/c1-29-18-6-5-14-25-24(26-15-11-23-10-7-19-30-23)27-22-12-16-28(17-13-22)20-21-8-3-2-4-9-21;/h2-4,7-10,19,22H,5-6,11-18,20H2,1H3,(H2,25,26,27);1H. The highest BCUT2D eigenvalue weighted by Crippen LogP contribution is 2.14. The third kappa shape index (κ3) is 10.1. The van der Waals surface area contributed by atoms with E-state index >= 15 is 0 Å². The summed E-state index contributed by atoms with van der Waals surface area (Å²) < 4.78 is 10.6. The summed E-state index contributed by atoms with van der Waals surface area (Å²) in [5.41, 5.74) is 1.39. The van der Waals surface area contributed by atoms with E-state index in [0.29, 0.717) is 6.04 Å². The first-order valence-corrected chi connectivity index (χ1v) is 11.2. The van der Waals surface area contributed by atoms with Gasteiger partial charge in [-0.25, -0.2) is 0 Å². The van der Waals surface area contributed by atoms with Crippen LogP contribution in [0.5, 0.6) is 0 Å². The number of methoxy groups -OCH3 is 1. The van der Waals surface area contributed by atoms with Gasteiger partial charge in [-0.05, 0) is 43.4 Å². The van der Waals surface area contributed by atoms with E-state index in [2.05, 4.69) is 45.9 Å². The zero-order chi connectivity index (χ0) is 20.9. The molecule has 0 spiro atoms. The second-order valence-corrected chi connectivity index (χ2v) is 7.87. The summed E-state index contributed by atoms with van der Waals surface area (Å²) in [6.45, 7) is 5.68. The Balaban J connectivity index is 0.00000341. The van der Waals surface area contributed by atoms with Crippen molar-refractivity contribution in [2.24, 2.45) is 4.99 Å². The van der Waals surface area contributed by atoms with Crippen molar-refractivity contribution in [1.82, 2.24) is 15.5 Å². The smallest absolute Gasteiger partial charge is 0.191 e. The van der Waals surface area contributed by atoms with Crippen molar-refractivity contribution in [2.75, 3.05) is 39.9 Å². The molecule has 0 atom stereocenters. The van der Waals surface area contributed by atoms with Crippen LogP contribution >= 0.6 is 24.0 Å². The topological polar surface area (TPSA) is 62.0 Å². The molecule has 1 aromatic carbocycles. The minimum atomic E-state index is 0. The molecule has 1 aliphatic rings. The number of hydrogen-bond acceptors (Lipinski definition) is 4. The third-order valence-electron chi connectivity index (χ3n) is 5.45. The SMILES string of the molecule is COCCCCN=C(NCCc1ccco1)NC1CCN(Cc2ccccc2)CC1.I. The monoisotopic (exact) mass is 540 g/mol. The van der Waals surface area contributed by atoms with Crippen LogP contribution in [0, 0.1) is 0 Å². The molecule has 2 N–H and O–H groups in total. The van der Waals surface area contributed by atoms with E-state index < -0.39 is 0 Å². The number of hydrogen-bond donors (Lipinski definition) is 2. The van der Waals surface area contributed by atoms with E-state index in [1.807, 2.05) is 12.1 Å². The van der Waals surface area contributed by atoms with Crippen LogP contribution in [0.15, 0.2) is 58.1 Å². The lowest BCUT2D eigenvalue weighted by Crippen LogP contribution is -2.49. The van der Waals surface area contributed by atoms with E-state index in [9.17, 15) is 0 Å². The molecule has 0 saturated carbocycles. The number of unbranched alkanes of at least 4 members (excludes halogenated alkanes) is 1. The van der Waals surface area contributed by atoms with Crippen LogP contribution < -0.4 is 10.6 Å². The number of ether oxygens (including phenoxy) is 1. The van der Waals surface area contributed by atoms with Crippen LogP contribution in [0.3, 0.4) is 0 Å². The molecule has 0 radical (unpaired) electrons. The highest BCUT2D eigenvalue weighted by atomic mass is 127. The van der Waals surface area contributed by atoms with E-state index in [1.54, 1.807) is 13.4 Å². The van der Waals surface area contributed by atoms with Gasteiger partial charge in [-0.3, -0.25) is 9.89 Å². The van der Waals surface area contributed by atoms with Crippen LogP contribution in [-0.2, 0) is 17.7 Å². The largest absolute Gasteiger partial charge is 0.469 e. The van der Waals surface area contributed by atoms with Gasteiger partial charge in [-0.15, -0.1) is 24.0 Å². The quantitative estimate of drug-likeness (QED) is 0.195. The molecule has 172 valence electrons. The molecule has 0 bridgehead atoms. The number of nitrogens with zero attached hydrogens (tertiary/aromatic N) is 2. The van der Waals surface area contributed by atoms with E-state index in [1.165, 1.54) is 5.56 Å². The van der Waals surface area contributed by atoms with Gasteiger partial charge in [0.2, 0.25) is 0 Å². The van der Waals surface area contributed by atoms with Gasteiger partial charge in [0.25, 0.3) is 0 Å². The summed E-state index contributed by atoms with van der Waals surface area (Å²) in [5, 5.41) is 7.14. The van der Waals surface area contributed by atoms with Crippen molar-refractivity contribution < 1.29 is 9.15 Å². The zero-order valence-electron chi connectivity index (χ0n) is 18.6. The first-order chi connectivity index (χ1) is 14.8. The Kier molecular flexibility index (Phi) is 12.6. The maximum atomic E-state index is 5.43. The maximum absolute atomic E-state index is 5.43. The van der Waals surface area contributed by atoms with Crippen LogP contribution in [0.25, 0.3) is 0 Å². The molecule has 1 fully saturated rings. The van der Waals surface area contributed by atoms with Gasteiger partial charge >= 0.3 is 0 Å². The number of aliphatic imine (C=N–C) groups is 1. The Hall–Kier alpha value is -1.58. The minimum absolute atomic E-state index is 0. The Morgan fingerprint density at radius 2 is 1.94 bits per heavy atom. The van der Waals surface area contributed by atoms with Crippen molar-refractivity contribution in [3.8, 4) is 0 Å². The molecule has 7 heteroatoms. The molecular formula is C24H37IN4O2. The summed E-state index contributed by atoms with van der Waals surface area (Å²) >= 11 is 0. The normalized spacial score (nSPS) is 15.5. The molecule has 1 saturated heterocycles. The second-order valence-electron chi connectivity index (χ2n) is 7.87. The fraction of sp³-hybridized carbons (Fsp3) is 0.542. The summed E-state index contributed by atoms with van der Waals surface area (Å²) in [6.07, 6.45) is 6.92. The zero-order valence-corrected chi connectivity index (χ0v) is 20.9. The molecule has 0 unspecified atom stereocenters. The number of likely N-dealkylation sites (tertiary alicyclic amines) is 1. The highest BCUT2D eigenvalue weighted by molar-refractivity contribution is 14.0. The number of nitrogens with one attached hydrogen (secondary N) is 2. The van der Waals surface area contributed by atoms with Crippen LogP contribution in [0.4, 0.5) is 0 Å². The minimum Gasteiger partial charge on any atom is -0.469 e. The fourth-order valence-electron chi connectivity index (χ4n) is 3.73. The number of benzene rings is 1. The van der Waals surface area contributed by atoms with E-state index in [-0.39, 0.29) is 24.0 Å². The molecule has 0 amide bonds. The molecule has 2 aromatic rings. The number of rotatable bonds is 11. The van der Waals surface area contributed by atoms with Crippen LogP contribution in [0.1, 0.15) is 37.0 Å². The number of furan rings is 1. The van der Waals surface area contributed by atoms with Gasteiger partial charge in [-0.1, -0.05) is 30.3 Å². The number of halogens is 1. The highest BCUT2D eigenvalue weighted by Gasteiger charge is 2.20. The average Bonchev–Trinajstić information content (AvgIpc) is 3.29. The molecular weight excluding hydrogens is 503 g/mol. The molecule has 3 rings (SSSR count). The summed E-state index contributed by atoms with van der Waals surface area (Å²) in [5.74, 6) is 1.91. The average molecular weight is 540 g/mol. The Morgan fingerprint density at radius 1 is 1.13 bits per heavy atom. The number of guanidine groups is 1. The van der Waals surface area contributed by atoms with Gasteiger partial charge < -0.3 is 19.8 Å². The predicted octanol–water partition coefficient (Wildman–Crippen LogP) is 4.07. The van der Waals surface area contributed by atoms with Gasteiger partial charge in [0.05, 0.1) is 6.26 Å². The molecule has 2 heterocycles. The molecule has 1 aliphatic heterocycles. The van der Waals surface area contributed by atoms with E-state index in [4.69, 9.17) is 14.1 Å². The molecule has 6 nitrogen and oxygen atoms in total.